The van der Waals surface area contributed by atoms with Crippen LogP contribution < -0.4 is 16.2 Å². The van der Waals surface area contributed by atoms with Gasteiger partial charge in [0.15, 0.2) is 10.9 Å². The highest BCUT2D eigenvalue weighted by Crippen LogP contribution is 2.51. The molecule has 1 unspecified atom stereocenters. The van der Waals surface area contributed by atoms with Crippen LogP contribution in [0, 0.1) is 0 Å². The third-order valence-electron chi connectivity index (χ3n) is 11.4. The van der Waals surface area contributed by atoms with E-state index in [0.29, 0.717) is 54.9 Å². The fourth-order valence-corrected chi connectivity index (χ4v) is 12.6. The number of aromatic amines is 2. The number of hydrogen-bond donors (Lipinski definition) is 4. The van der Waals surface area contributed by atoms with Crippen molar-refractivity contribution in [2.45, 2.75) is 6.10 Å². The van der Waals surface area contributed by atoms with Gasteiger partial charge in [-0.3, -0.25) is 9.59 Å². The van der Waals surface area contributed by atoms with E-state index in [0.717, 1.165) is 71.8 Å². The SMILES string of the molecule is O=c1c2c3c(c4[nH]c5ccc6sc7ccccc7c6c5c(=O)c4c2[nH]c2ccc4sc5ccccc5c4c12)C(O)c1c(ccc2sc4ccccc4c12)N3. The van der Waals surface area contributed by atoms with Gasteiger partial charge in [0.25, 0.3) is 0 Å². The maximum Gasteiger partial charge on any atom is 0.200 e. The Hall–Kier alpha value is -6.10. The largest absolute Gasteiger partial charge is 0.383 e. The summed E-state index contributed by atoms with van der Waals surface area (Å²) in [5, 5.41) is 24.2. The lowest BCUT2D eigenvalue weighted by Crippen LogP contribution is -2.20. The number of aliphatic hydroxyl groups is 1. The molecular weight excluding hydrogens is 727 g/mol. The van der Waals surface area contributed by atoms with Crippen LogP contribution in [0.3, 0.4) is 0 Å². The predicted molar refractivity (Wildman–Crippen MR) is 230 cm³/mol. The third kappa shape index (κ3) is 3.53. The van der Waals surface area contributed by atoms with Gasteiger partial charge in [0.1, 0.15) is 6.10 Å². The van der Waals surface area contributed by atoms with Crippen molar-refractivity contribution in [3.8, 4) is 0 Å². The summed E-state index contributed by atoms with van der Waals surface area (Å²) >= 11 is 5.01. The predicted octanol–water partition coefficient (Wildman–Crippen LogP) is 11.9. The second kappa shape index (κ2) is 10.1. The van der Waals surface area contributed by atoms with Crippen LogP contribution in [-0.4, -0.2) is 15.1 Å². The summed E-state index contributed by atoms with van der Waals surface area (Å²) < 4.78 is 6.43. The molecule has 12 aromatic rings. The smallest absolute Gasteiger partial charge is 0.200 e. The monoisotopic (exact) mass is 749 g/mol. The van der Waals surface area contributed by atoms with Crippen LogP contribution in [0.25, 0.3) is 104 Å². The first-order valence-electron chi connectivity index (χ1n) is 17.7. The number of thiophene rings is 3. The van der Waals surface area contributed by atoms with Gasteiger partial charge in [-0.15, -0.1) is 34.0 Å². The molecule has 7 aromatic carbocycles. The molecule has 0 saturated heterocycles. The van der Waals surface area contributed by atoms with Gasteiger partial charge in [-0.05, 0) is 54.6 Å². The van der Waals surface area contributed by atoms with Crippen LogP contribution in [0.2, 0.25) is 0 Å². The van der Waals surface area contributed by atoms with Gasteiger partial charge in [-0.1, -0.05) is 54.6 Å². The Morgan fingerprint density at radius 1 is 0.444 bits per heavy atom. The Morgan fingerprint density at radius 2 is 0.926 bits per heavy atom. The van der Waals surface area contributed by atoms with E-state index in [9.17, 15) is 5.11 Å². The number of H-pyrrole nitrogens is 2. The fourth-order valence-electron chi connectivity index (χ4n) is 9.23. The zero-order valence-corrected chi connectivity index (χ0v) is 30.4. The Balaban J connectivity index is 1.27. The van der Waals surface area contributed by atoms with Crippen molar-refractivity contribution in [1.82, 2.24) is 9.97 Å². The molecule has 254 valence electrons. The number of hydrogen-bond acceptors (Lipinski definition) is 7. The molecule has 13 rings (SSSR count). The molecule has 0 aliphatic carbocycles. The zero-order valence-electron chi connectivity index (χ0n) is 28.0. The lowest BCUT2D eigenvalue weighted by atomic mass is 9.86. The van der Waals surface area contributed by atoms with Gasteiger partial charge in [0.2, 0.25) is 0 Å². The van der Waals surface area contributed by atoms with E-state index in [1.165, 1.54) is 0 Å². The van der Waals surface area contributed by atoms with E-state index in [-0.39, 0.29) is 10.9 Å². The van der Waals surface area contributed by atoms with Gasteiger partial charge in [-0.25, -0.2) is 0 Å². The maximum atomic E-state index is 15.4. The summed E-state index contributed by atoms with van der Waals surface area (Å²) in [6.07, 6.45) is -1.14. The van der Waals surface area contributed by atoms with E-state index >= 15 is 9.59 Å². The summed E-state index contributed by atoms with van der Waals surface area (Å²) in [4.78, 5) is 38.1. The number of pyridine rings is 2. The molecule has 0 radical (unpaired) electrons. The van der Waals surface area contributed by atoms with Gasteiger partial charge in [0, 0.05) is 77.3 Å². The molecule has 1 aliphatic heterocycles. The van der Waals surface area contributed by atoms with Gasteiger partial charge in [-0.2, -0.15) is 0 Å². The number of aliphatic hydroxyl groups excluding tert-OH is 1. The minimum atomic E-state index is -1.14. The van der Waals surface area contributed by atoms with E-state index in [2.05, 4.69) is 69.9 Å². The van der Waals surface area contributed by atoms with Gasteiger partial charge >= 0.3 is 0 Å². The second-order valence-electron chi connectivity index (χ2n) is 14.1. The molecule has 0 fully saturated rings. The second-order valence-corrected chi connectivity index (χ2v) is 17.4. The first-order valence-corrected chi connectivity index (χ1v) is 20.1. The molecule has 6 heterocycles. The zero-order chi connectivity index (χ0) is 35.6. The number of anilines is 2. The Bertz CT molecular complexity index is 3850. The summed E-state index contributed by atoms with van der Waals surface area (Å²) in [6.45, 7) is 0. The summed E-state index contributed by atoms with van der Waals surface area (Å²) in [5.74, 6) is 0. The first kappa shape index (κ1) is 29.4. The van der Waals surface area contributed by atoms with Gasteiger partial charge in [0.05, 0.1) is 49.3 Å². The molecule has 1 aliphatic rings. The third-order valence-corrected chi connectivity index (χ3v) is 14.9. The standard InChI is InChI=1S/C45H23N3O3S3/c49-43-34-22(13-16-28-31(34)19-7-1-4-10-25(19)52-28)46-40-37(43)41-39(45(51)35-23(47-41)14-17-29-32(35)20-8-2-5-11-26(20)53-29)42-38(40)44(50)36-24(48-42)15-18-30-33(36)21-9-3-6-12-27(21)54-30/h1-18,43,46,49H,(H,47,51)(H,48,50). The van der Waals surface area contributed by atoms with Crippen LogP contribution in [-0.2, 0) is 0 Å². The molecule has 54 heavy (non-hydrogen) atoms. The van der Waals surface area contributed by atoms with Crippen molar-refractivity contribution in [2.75, 3.05) is 5.32 Å². The topological polar surface area (TPSA) is 98.0 Å². The molecule has 0 saturated carbocycles. The van der Waals surface area contributed by atoms with Crippen molar-refractivity contribution < 1.29 is 5.11 Å². The van der Waals surface area contributed by atoms with Crippen molar-refractivity contribution in [2.24, 2.45) is 0 Å². The quantitative estimate of drug-likeness (QED) is 0.0916. The first-order chi connectivity index (χ1) is 26.5. The number of fused-ring (bicyclic) bond motifs is 21. The van der Waals surface area contributed by atoms with Crippen molar-refractivity contribution in [3.63, 3.8) is 0 Å². The van der Waals surface area contributed by atoms with Crippen LogP contribution >= 0.6 is 34.0 Å². The average molecular weight is 750 g/mol. The molecule has 4 N–H and O–H groups in total. The van der Waals surface area contributed by atoms with Crippen LogP contribution in [0.4, 0.5) is 11.4 Å². The van der Waals surface area contributed by atoms with Crippen molar-refractivity contribution in [1.29, 1.82) is 0 Å². The maximum absolute atomic E-state index is 15.4. The number of benzene rings is 7. The van der Waals surface area contributed by atoms with Crippen molar-refractivity contribution in [3.05, 3.63) is 141 Å². The molecule has 1 atom stereocenters. The molecule has 6 nitrogen and oxygen atoms in total. The highest BCUT2D eigenvalue weighted by atomic mass is 32.1. The molecule has 0 amide bonds. The van der Waals surface area contributed by atoms with Crippen LogP contribution in [0.15, 0.2) is 119 Å². The lowest BCUT2D eigenvalue weighted by molar-refractivity contribution is 0.223. The van der Waals surface area contributed by atoms with E-state index in [4.69, 9.17) is 0 Å². The number of rotatable bonds is 0. The summed E-state index contributed by atoms with van der Waals surface area (Å²) in [5.41, 5.74) is 4.40. The molecular formula is C45H23N3O3S3. The van der Waals surface area contributed by atoms with Gasteiger partial charge < -0.3 is 20.4 Å². The highest BCUT2D eigenvalue weighted by Gasteiger charge is 2.34. The number of nitrogens with one attached hydrogen (secondary N) is 3. The Labute approximate surface area is 315 Å². The Kier molecular flexibility index (Phi) is 5.49. The molecule has 0 spiro atoms. The summed E-state index contributed by atoms with van der Waals surface area (Å²) in [6, 6.07) is 36.7. The van der Waals surface area contributed by atoms with Crippen LogP contribution in [0.1, 0.15) is 17.2 Å². The molecule has 0 bridgehead atoms. The minimum Gasteiger partial charge on any atom is -0.383 e. The highest BCUT2D eigenvalue weighted by molar-refractivity contribution is 7.26. The fraction of sp³-hybridized carbons (Fsp3) is 0.0222. The van der Waals surface area contributed by atoms with E-state index in [1.54, 1.807) is 34.0 Å². The van der Waals surface area contributed by atoms with Crippen molar-refractivity contribution >= 4 is 150 Å². The molecule has 9 heteroatoms. The minimum absolute atomic E-state index is 0.185. The normalized spacial score (nSPS) is 14.5. The Morgan fingerprint density at radius 3 is 1.52 bits per heavy atom. The summed E-state index contributed by atoms with van der Waals surface area (Å²) in [7, 11) is 0. The van der Waals surface area contributed by atoms with Crippen LogP contribution in [0.5, 0.6) is 0 Å². The van der Waals surface area contributed by atoms with E-state index in [1.807, 2.05) is 54.6 Å². The molecule has 5 aromatic heterocycles. The lowest BCUT2D eigenvalue weighted by Gasteiger charge is -2.29. The average Bonchev–Trinajstić information content (AvgIpc) is 3.89. The van der Waals surface area contributed by atoms with E-state index < -0.39 is 6.10 Å². The number of aromatic nitrogens is 2.